The van der Waals surface area contributed by atoms with E-state index in [1.165, 1.54) is 5.56 Å². The Bertz CT molecular complexity index is 403. The van der Waals surface area contributed by atoms with Crippen molar-refractivity contribution in [3.05, 3.63) is 23.8 Å². The molecular weight excluding hydrogens is 254 g/mol. The quantitative estimate of drug-likeness (QED) is 0.743. The highest BCUT2D eigenvalue weighted by Crippen LogP contribution is 2.26. The predicted molar refractivity (Wildman–Crippen MR) is 79.4 cm³/mol. The van der Waals surface area contributed by atoms with Crippen LogP contribution in [0.25, 0.3) is 0 Å². The molecule has 4 nitrogen and oxygen atoms in total. The standard InChI is InChI=1S/C16H25NO3/c1-3-7-17-10-14-4-5-15(18-2)9-16(14)20-12-13-6-8-19-11-13/h4-5,9,13,17H,3,6-8,10-12H2,1-2H3. The SMILES string of the molecule is CCCNCc1ccc(OC)cc1OCC1CCOC1. The third kappa shape index (κ3) is 4.39. The number of hydrogen-bond donors (Lipinski definition) is 1. The van der Waals surface area contributed by atoms with Crippen LogP contribution in [-0.4, -0.2) is 33.5 Å². The summed E-state index contributed by atoms with van der Waals surface area (Å²) in [6.07, 6.45) is 2.22. The Labute approximate surface area is 121 Å². The summed E-state index contributed by atoms with van der Waals surface area (Å²) in [6, 6.07) is 6.02. The van der Waals surface area contributed by atoms with E-state index in [1.54, 1.807) is 7.11 Å². The summed E-state index contributed by atoms with van der Waals surface area (Å²) >= 11 is 0. The molecule has 1 atom stereocenters. The van der Waals surface area contributed by atoms with E-state index in [4.69, 9.17) is 14.2 Å². The Morgan fingerprint density at radius 1 is 1.40 bits per heavy atom. The van der Waals surface area contributed by atoms with Crippen molar-refractivity contribution in [1.82, 2.24) is 5.32 Å². The molecule has 1 aliphatic rings. The molecule has 0 aromatic heterocycles. The number of rotatable bonds is 8. The van der Waals surface area contributed by atoms with Gasteiger partial charge in [-0.15, -0.1) is 0 Å². The molecular formula is C16H25NO3. The summed E-state index contributed by atoms with van der Waals surface area (Å²) in [5.74, 6) is 2.26. The first-order chi connectivity index (χ1) is 9.83. The van der Waals surface area contributed by atoms with Crippen molar-refractivity contribution < 1.29 is 14.2 Å². The molecule has 1 fully saturated rings. The fourth-order valence-electron chi connectivity index (χ4n) is 2.26. The number of benzene rings is 1. The fourth-order valence-corrected chi connectivity index (χ4v) is 2.26. The van der Waals surface area contributed by atoms with Crippen LogP contribution in [0.5, 0.6) is 11.5 Å². The van der Waals surface area contributed by atoms with Gasteiger partial charge >= 0.3 is 0 Å². The van der Waals surface area contributed by atoms with Gasteiger partial charge in [0.25, 0.3) is 0 Å². The van der Waals surface area contributed by atoms with E-state index >= 15 is 0 Å². The topological polar surface area (TPSA) is 39.7 Å². The average Bonchev–Trinajstić information content (AvgIpc) is 2.99. The number of ether oxygens (including phenoxy) is 3. The lowest BCUT2D eigenvalue weighted by Crippen LogP contribution is -2.16. The second-order valence-electron chi connectivity index (χ2n) is 5.19. The van der Waals surface area contributed by atoms with Gasteiger partial charge in [-0.3, -0.25) is 0 Å². The Balaban J connectivity index is 1.97. The molecule has 2 rings (SSSR count). The van der Waals surface area contributed by atoms with Crippen LogP contribution >= 0.6 is 0 Å². The average molecular weight is 279 g/mol. The maximum Gasteiger partial charge on any atom is 0.127 e. The van der Waals surface area contributed by atoms with E-state index in [9.17, 15) is 0 Å². The van der Waals surface area contributed by atoms with Gasteiger partial charge in [0.15, 0.2) is 0 Å². The molecule has 0 radical (unpaired) electrons. The Morgan fingerprint density at radius 2 is 2.30 bits per heavy atom. The van der Waals surface area contributed by atoms with Crippen LogP contribution in [-0.2, 0) is 11.3 Å². The molecule has 20 heavy (non-hydrogen) atoms. The molecule has 1 N–H and O–H groups in total. The van der Waals surface area contributed by atoms with Gasteiger partial charge in [-0.2, -0.15) is 0 Å². The zero-order valence-corrected chi connectivity index (χ0v) is 12.5. The summed E-state index contributed by atoms with van der Waals surface area (Å²) in [7, 11) is 1.68. The Kier molecular flexibility index (Phi) is 6.15. The maximum absolute atomic E-state index is 5.99. The first kappa shape index (κ1) is 15.1. The van der Waals surface area contributed by atoms with Crippen LogP contribution in [0.1, 0.15) is 25.3 Å². The van der Waals surface area contributed by atoms with E-state index < -0.39 is 0 Å². The van der Waals surface area contributed by atoms with Gasteiger partial charge in [-0.05, 0) is 25.5 Å². The summed E-state index contributed by atoms with van der Waals surface area (Å²) in [5.41, 5.74) is 1.18. The number of methoxy groups -OCH3 is 1. The third-order valence-electron chi connectivity index (χ3n) is 3.52. The van der Waals surface area contributed by atoms with Crippen LogP contribution in [0.4, 0.5) is 0 Å². The van der Waals surface area contributed by atoms with Gasteiger partial charge in [-0.1, -0.05) is 13.0 Å². The first-order valence-electron chi connectivity index (χ1n) is 7.41. The largest absolute Gasteiger partial charge is 0.497 e. The Hall–Kier alpha value is -1.26. The van der Waals surface area contributed by atoms with E-state index in [2.05, 4.69) is 18.3 Å². The van der Waals surface area contributed by atoms with Gasteiger partial charge in [0.05, 0.1) is 20.3 Å². The lowest BCUT2D eigenvalue weighted by atomic mass is 10.1. The molecule has 1 saturated heterocycles. The van der Waals surface area contributed by atoms with Crippen LogP contribution in [0, 0.1) is 5.92 Å². The molecule has 1 heterocycles. The van der Waals surface area contributed by atoms with Crippen molar-refractivity contribution in [3.8, 4) is 11.5 Å². The van der Waals surface area contributed by atoms with E-state index in [1.807, 2.05) is 12.1 Å². The van der Waals surface area contributed by atoms with Crippen molar-refractivity contribution >= 4 is 0 Å². The molecule has 0 bridgehead atoms. The second kappa shape index (κ2) is 8.12. The molecule has 0 amide bonds. The second-order valence-corrected chi connectivity index (χ2v) is 5.19. The van der Waals surface area contributed by atoms with Crippen molar-refractivity contribution in [2.45, 2.75) is 26.3 Å². The molecule has 1 unspecified atom stereocenters. The van der Waals surface area contributed by atoms with Crippen molar-refractivity contribution in [2.24, 2.45) is 5.92 Å². The molecule has 0 saturated carbocycles. The van der Waals surface area contributed by atoms with Gasteiger partial charge in [-0.25, -0.2) is 0 Å². The number of hydrogen-bond acceptors (Lipinski definition) is 4. The summed E-state index contributed by atoms with van der Waals surface area (Å²) in [5, 5.41) is 3.41. The smallest absolute Gasteiger partial charge is 0.127 e. The normalized spacial score (nSPS) is 18.2. The molecule has 4 heteroatoms. The lowest BCUT2D eigenvalue weighted by molar-refractivity contribution is 0.166. The van der Waals surface area contributed by atoms with Crippen LogP contribution in [0.2, 0.25) is 0 Å². The lowest BCUT2D eigenvalue weighted by Gasteiger charge is -2.15. The number of nitrogens with one attached hydrogen (secondary N) is 1. The highest BCUT2D eigenvalue weighted by atomic mass is 16.5. The molecule has 1 aliphatic heterocycles. The maximum atomic E-state index is 5.99. The van der Waals surface area contributed by atoms with E-state index in [0.717, 1.165) is 50.6 Å². The molecule has 0 aliphatic carbocycles. The van der Waals surface area contributed by atoms with E-state index in [-0.39, 0.29) is 0 Å². The van der Waals surface area contributed by atoms with Crippen molar-refractivity contribution in [3.63, 3.8) is 0 Å². The summed E-state index contributed by atoms with van der Waals surface area (Å²) < 4.78 is 16.7. The van der Waals surface area contributed by atoms with Crippen LogP contribution in [0.15, 0.2) is 18.2 Å². The summed E-state index contributed by atoms with van der Waals surface area (Å²) in [4.78, 5) is 0. The summed E-state index contributed by atoms with van der Waals surface area (Å²) in [6.45, 7) is 6.40. The van der Waals surface area contributed by atoms with Crippen molar-refractivity contribution in [2.75, 3.05) is 33.5 Å². The minimum absolute atomic E-state index is 0.512. The van der Waals surface area contributed by atoms with Crippen molar-refractivity contribution in [1.29, 1.82) is 0 Å². The minimum atomic E-state index is 0.512. The van der Waals surface area contributed by atoms with Gasteiger partial charge in [0.2, 0.25) is 0 Å². The van der Waals surface area contributed by atoms with Crippen LogP contribution in [0.3, 0.4) is 0 Å². The minimum Gasteiger partial charge on any atom is -0.497 e. The molecule has 112 valence electrons. The first-order valence-corrected chi connectivity index (χ1v) is 7.41. The highest BCUT2D eigenvalue weighted by molar-refractivity contribution is 5.40. The highest BCUT2D eigenvalue weighted by Gasteiger charge is 2.17. The molecule has 1 aromatic carbocycles. The molecule has 1 aromatic rings. The predicted octanol–water partition coefficient (Wildman–Crippen LogP) is 2.61. The van der Waals surface area contributed by atoms with Gasteiger partial charge < -0.3 is 19.5 Å². The zero-order valence-electron chi connectivity index (χ0n) is 12.5. The van der Waals surface area contributed by atoms with Gasteiger partial charge in [0.1, 0.15) is 11.5 Å². The van der Waals surface area contributed by atoms with Gasteiger partial charge in [0, 0.05) is 30.7 Å². The van der Waals surface area contributed by atoms with E-state index in [0.29, 0.717) is 12.5 Å². The monoisotopic (exact) mass is 279 g/mol. The fraction of sp³-hybridized carbons (Fsp3) is 0.625. The Morgan fingerprint density at radius 3 is 3.00 bits per heavy atom. The van der Waals surface area contributed by atoms with Crippen LogP contribution < -0.4 is 14.8 Å². The zero-order chi connectivity index (χ0) is 14.2. The molecule has 0 spiro atoms. The third-order valence-corrected chi connectivity index (χ3v) is 3.52.